The first-order valence-corrected chi connectivity index (χ1v) is 6.30. The summed E-state index contributed by atoms with van der Waals surface area (Å²) in [5.74, 6) is 1.40. The number of allylic oxidation sites excluding steroid dienone is 3. The highest BCUT2D eigenvalue weighted by Gasteiger charge is 2.15. The summed E-state index contributed by atoms with van der Waals surface area (Å²) < 4.78 is 15.3. The highest BCUT2D eigenvalue weighted by molar-refractivity contribution is 5.56. The summed E-state index contributed by atoms with van der Waals surface area (Å²) >= 11 is 0. The lowest BCUT2D eigenvalue weighted by Crippen LogP contribution is -2.11. The van der Waals surface area contributed by atoms with Gasteiger partial charge in [-0.3, -0.25) is 4.39 Å². The molecule has 0 spiro atoms. The quantitative estimate of drug-likeness (QED) is 0.644. The number of hydrogen-bond acceptors (Lipinski definition) is 2. The Morgan fingerprint density at radius 3 is 2.40 bits per heavy atom. The van der Waals surface area contributed by atoms with Crippen molar-refractivity contribution in [3.8, 4) is 5.75 Å². The van der Waals surface area contributed by atoms with Gasteiger partial charge in [-0.2, -0.15) is 0 Å². The summed E-state index contributed by atoms with van der Waals surface area (Å²) in [5, 5.41) is 0. The lowest BCUT2D eigenvalue weighted by atomic mass is 9.87. The zero-order valence-corrected chi connectivity index (χ0v) is 12.3. The van der Waals surface area contributed by atoms with E-state index >= 15 is 0 Å². The maximum Gasteiger partial charge on any atom is 0.150 e. The van der Waals surface area contributed by atoms with Crippen molar-refractivity contribution in [1.29, 1.82) is 0 Å². The number of hydrogen-bond donors (Lipinski definition) is 1. The first-order chi connectivity index (χ1) is 9.47. The van der Waals surface area contributed by atoms with Crippen LogP contribution in [0.25, 0.3) is 0 Å². The van der Waals surface area contributed by atoms with Crippen molar-refractivity contribution in [2.75, 3.05) is 12.9 Å². The van der Waals surface area contributed by atoms with E-state index in [0.717, 1.165) is 0 Å². The van der Waals surface area contributed by atoms with Gasteiger partial charge in [-0.05, 0) is 35.3 Å². The predicted octanol–water partition coefficient (Wildman–Crippen LogP) is 4.29. The molecule has 20 heavy (non-hydrogen) atoms. The molecule has 0 saturated heterocycles. The van der Waals surface area contributed by atoms with Crippen molar-refractivity contribution in [1.82, 2.24) is 0 Å². The van der Waals surface area contributed by atoms with Crippen molar-refractivity contribution in [3.63, 3.8) is 0 Å². The molecule has 2 nitrogen and oxygen atoms in total. The molecule has 0 saturated carbocycles. The second kappa shape index (κ2) is 6.81. The summed E-state index contributed by atoms with van der Waals surface area (Å²) in [7, 11) is 0.500. The number of nitrogen functional groups attached to an aromatic ring is 1. The van der Waals surface area contributed by atoms with Gasteiger partial charge < -0.3 is 10.5 Å². The van der Waals surface area contributed by atoms with E-state index in [9.17, 15) is 4.39 Å². The molecule has 1 aliphatic carbocycles. The SMILES string of the molecule is CC(C)(C)c1ccc(N)c(OC2=CC=C=C=C2)c1.CF. The number of ether oxygens (including phenoxy) is 1. The van der Waals surface area contributed by atoms with E-state index in [1.165, 1.54) is 5.56 Å². The molecule has 0 amide bonds. The number of alkyl halides is 1. The van der Waals surface area contributed by atoms with Crippen LogP contribution in [0, 0.1) is 0 Å². The monoisotopic (exact) mass is 273 g/mol. The molecule has 0 aliphatic heterocycles. The molecular weight excluding hydrogens is 253 g/mol. The van der Waals surface area contributed by atoms with Crippen molar-refractivity contribution in [3.05, 3.63) is 59.2 Å². The Morgan fingerprint density at radius 2 is 1.85 bits per heavy atom. The molecule has 0 fully saturated rings. The van der Waals surface area contributed by atoms with Gasteiger partial charge in [-0.25, -0.2) is 0 Å². The van der Waals surface area contributed by atoms with Gasteiger partial charge in [0, 0.05) is 6.08 Å². The van der Waals surface area contributed by atoms with Gasteiger partial charge in [0.05, 0.1) is 12.9 Å². The van der Waals surface area contributed by atoms with E-state index in [0.29, 0.717) is 24.4 Å². The van der Waals surface area contributed by atoms with Crippen LogP contribution in [-0.2, 0) is 5.41 Å². The first kappa shape index (κ1) is 15.8. The molecule has 2 rings (SSSR count). The predicted molar refractivity (Wildman–Crippen MR) is 81.5 cm³/mol. The molecule has 0 radical (unpaired) electrons. The minimum Gasteiger partial charge on any atom is -0.454 e. The van der Waals surface area contributed by atoms with E-state index in [-0.39, 0.29) is 5.41 Å². The largest absolute Gasteiger partial charge is 0.454 e. The molecule has 1 aromatic carbocycles. The number of anilines is 1. The van der Waals surface area contributed by atoms with Crippen LogP contribution in [0.3, 0.4) is 0 Å². The van der Waals surface area contributed by atoms with Crippen LogP contribution >= 0.6 is 0 Å². The van der Waals surface area contributed by atoms with Crippen LogP contribution in [0.5, 0.6) is 5.75 Å². The lowest BCUT2D eigenvalue weighted by molar-refractivity contribution is 0.444. The van der Waals surface area contributed by atoms with E-state index in [1.807, 2.05) is 24.3 Å². The summed E-state index contributed by atoms with van der Waals surface area (Å²) in [6.45, 7) is 6.48. The van der Waals surface area contributed by atoms with Gasteiger partial charge in [-0.15, -0.1) is 0 Å². The van der Waals surface area contributed by atoms with Crippen molar-refractivity contribution < 1.29 is 9.13 Å². The lowest BCUT2D eigenvalue weighted by Gasteiger charge is -2.20. The smallest absolute Gasteiger partial charge is 0.150 e. The molecule has 0 atom stereocenters. The highest BCUT2D eigenvalue weighted by Crippen LogP contribution is 2.31. The molecule has 1 aliphatic rings. The summed E-state index contributed by atoms with van der Waals surface area (Å²) in [6, 6.07) is 5.91. The van der Waals surface area contributed by atoms with E-state index in [1.54, 1.807) is 12.2 Å². The molecule has 1 aromatic rings. The fraction of sp³-hybridized carbons (Fsp3) is 0.294. The molecular formula is C17H20FNO. The van der Waals surface area contributed by atoms with Gasteiger partial charge in [0.1, 0.15) is 5.76 Å². The Hall–Kier alpha value is -2.21. The first-order valence-electron chi connectivity index (χ1n) is 6.30. The topological polar surface area (TPSA) is 35.2 Å². The van der Waals surface area contributed by atoms with Crippen molar-refractivity contribution >= 4 is 5.69 Å². The molecule has 106 valence electrons. The molecule has 0 bridgehead atoms. The fourth-order valence-electron chi connectivity index (χ4n) is 1.61. The summed E-state index contributed by atoms with van der Waals surface area (Å²) in [4.78, 5) is 0. The van der Waals surface area contributed by atoms with Crippen molar-refractivity contribution in [2.24, 2.45) is 0 Å². The van der Waals surface area contributed by atoms with Gasteiger partial charge in [0.2, 0.25) is 0 Å². The molecule has 2 N–H and O–H groups in total. The Bertz CT molecular complexity index is 596. The van der Waals surface area contributed by atoms with Gasteiger partial charge in [0.15, 0.2) is 5.75 Å². The fourth-order valence-corrected chi connectivity index (χ4v) is 1.61. The minimum absolute atomic E-state index is 0.0718. The second-order valence-corrected chi connectivity index (χ2v) is 5.27. The third kappa shape index (κ3) is 4.17. The maximum absolute atomic E-state index is 9.50. The number of nitrogens with two attached hydrogens (primary N) is 1. The summed E-state index contributed by atoms with van der Waals surface area (Å²) in [6.07, 6.45) is 5.34. The van der Waals surface area contributed by atoms with E-state index < -0.39 is 0 Å². The zero-order valence-electron chi connectivity index (χ0n) is 12.3. The van der Waals surface area contributed by atoms with E-state index in [2.05, 4.69) is 32.2 Å². The van der Waals surface area contributed by atoms with Crippen LogP contribution in [-0.4, -0.2) is 7.18 Å². The average molecular weight is 273 g/mol. The molecule has 0 heterocycles. The molecule has 0 aromatic heterocycles. The Morgan fingerprint density at radius 1 is 1.15 bits per heavy atom. The van der Waals surface area contributed by atoms with Crippen LogP contribution < -0.4 is 10.5 Å². The number of halogens is 1. The van der Waals surface area contributed by atoms with Crippen LogP contribution in [0.4, 0.5) is 10.1 Å². The Balaban J connectivity index is 0.000000956. The zero-order chi connectivity index (χ0) is 15.2. The third-order valence-electron chi connectivity index (χ3n) is 2.74. The Kier molecular flexibility index (Phi) is 5.40. The minimum atomic E-state index is 0.0718. The number of rotatable bonds is 2. The van der Waals surface area contributed by atoms with Gasteiger partial charge in [0.25, 0.3) is 0 Å². The van der Waals surface area contributed by atoms with Crippen LogP contribution in [0.1, 0.15) is 26.3 Å². The third-order valence-corrected chi connectivity index (χ3v) is 2.74. The standard InChI is InChI=1S/C16H17NO.CH3F/c1-16(2,3)12-9-10-14(17)15(11-12)18-13-7-5-4-6-8-13;1-2/h5,7-11H,17H2,1-3H3;1H3. The average Bonchev–Trinajstić information content (AvgIpc) is 2.43. The van der Waals surface area contributed by atoms with E-state index in [4.69, 9.17) is 10.5 Å². The summed E-state index contributed by atoms with van der Waals surface area (Å²) in [5.41, 5.74) is 13.5. The molecule has 0 unspecified atom stereocenters. The normalized spacial score (nSPS) is 12.6. The molecule has 3 heteroatoms. The van der Waals surface area contributed by atoms with Crippen LogP contribution in [0.2, 0.25) is 0 Å². The van der Waals surface area contributed by atoms with Gasteiger partial charge >= 0.3 is 0 Å². The van der Waals surface area contributed by atoms with Crippen LogP contribution in [0.15, 0.2) is 53.6 Å². The Labute approximate surface area is 119 Å². The van der Waals surface area contributed by atoms with Gasteiger partial charge in [-0.1, -0.05) is 38.3 Å². The number of benzene rings is 1. The van der Waals surface area contributed by atoms with Crippen molar-refractivity contribution in [2.45, 2.75) is 26.2 Å². The maximum atomic E-state index is 9.50. The second-order valence-electron chi connectivity index (χ2n) is 5.27. The highest BCUT2D eigenvalue weighted by atomic mass is 19.1.